The summed E-state index contributed by atoms with van der Waals surface area (Å²) < 4.78 is 0.983. The van der Waals surface area contributed by atoms with Crippen molar-refractivity contribution in [2.45, 2.75) is 20.4 Å². The van der Waals surface area contributed by atoms with Gasteiger partial charge in [-0.1, -0.05) is 43.6 Å². The van der Waals surface area contributed by atoms with Crippen LogP contribution in [0, 0.1) is 5.92 Å². The fraction of sp³-hybridized carbons (Fsp3) is 0.312. The Bertz CT molecular complexity index is 815. The van der Waals surface area contributed by atoms with E-state index in [0.29, 0.717) is 9.90 Å². The molecule has 23 heavy (non-hydrogen) atoms. The van der Waals surface area contributed by atoms with E-state index in [9.17, 15) is 14.4 Å². The number of urea groups is 1. The third-order valence-corrected chi connectivity index (χ3v) is 5.29. The van der Waals surface area contributed by atoms with E-state index >= 15 is 0 Å². The first-order valence-corrected chi connectivity index (χ1v) is 8.42. The van der Waals surface area contributed by atoms with Crippen molar-refractivity contribution in [3.63, 3.8) is 0 Å². The molecule has 0 aliphatic carbocycles. The smallest absolute Gasteiger partial charge is 0.263 e. The maximum atomic E-state index is 12.4. The molecule has 5 nitrogen and oxygen atoms in total. The minimum absolute atomic E-state index is 0.0240. The summed E-state index contributed by atoms with van der Waals surface area (Å²) in [5.74, 6) is -1.45. The van der Waals surface area contributed by atoms with Crippen molar-refractivity contribution in [2.75, 3.05) is 6.54 Å². The second kappa shape index (κ2) is 5.94. The first-order valence-electron chi connectivity index (χ1n) is 7.23. The fourth-order valence-electron chi connectivity index (χ4n) is 2.53. The molecule has 3 rings (SSSR count). The van der Waals surface area contributed by atoms with Gasteiger partial charge in [0.25, 0.3) is 0 Å². The van der Waals surface area contributed by atoms with Crippen LogP contribution in [0.2, 0.25) is 5.02 Å². The molecule has 7 heteroatoms. The number of hydrogen-bond acceptors (Lipinski definition) is 4. The lowest BCUT2D eigenvalue weighted by molar-refractivity contribution is -0.143. The van der Waals surface area contributed by atoms with Gasteiger partial charge in [-0.3, -0.25) is 19.4 Å². The summed E-state index contributed by atoms with van der Waals surface area (Å²) in [4.78, 5) is 39.2. The van der Waals surface area contributed by atoms with E-state index in [2.05, 4.69) is 0 Å². The summed E-state index contributed by atoms with van der Waals surface area (Å²) in [7, 11) is 0. The molecular formula is C16H15ClN2O3S. The van der Waals surface area contributed by atoms with Crippen molar-refractivity contribution < 1.29 is 14.4 Å². The third-order valence-electron chi connectivity index (χ3n) is 3.59. The van der Waals surface area contributed by atoms with E-state index in [1.807, 2.05) is 38.1 Å². The third kappa shape index (κ3) is 2.72. The van der Waals surface area contributed by atoms with Gasteiger partial charge in [0, 0.05) is 21.5 Å². The summed E-state index contributed by atoms with van der Waals surface area (Å²) in [5.41, 5.74) is 0. The van der Waals surface area contributed by atoms with Gasteiger partial charge >= 0.3 is 17.8 Å². The van der Waals surface area contributed by atoms with Crippen molar-refractivity contribution in [1.29, 1.82) is 0 Å². The van der Waals surface area contributed by atoms with Crippen molar-refractivity contribution >= 4 is 50.9 Å². The zero-order valence-corrected chi connectivity index (χ0v) is 14.3. The molecular weight excluding hydrogens is 336 g/mol. The highest BCUT2D eigenvalue weighted by molar-refractivity contribution is 7.19. The van der Waals surface area contributed by atoms with Gasteiger partial charge in [0.2, 0.25) is 0 Å². The lowest BCUT2D eigenvalue weighted by atomic mass is 10.2. The van der Waals surface area contributed by atoms with Crippen LogP contribution in [-0.4, -0.2) is 34.2 Å². The first kappa shape index (κ1) is 16.0. The molecule has 1 fully saturated rings. The van der Waals surface area contributed by atoms with Crippen LogP contribution in [-0.2, 0) is 16.1 Å². The highest BCUT2D eigenvalue weighted by Crippen LogP contribution is 2.36. The molecule has 0 unspecified atom stereocenters. The Kier molecular flexibility index (Phi) is 4.12. The van der Waals surface area contributed by atoms with E-state index in [1.54, 1.807) is 0 Å². The number of rotatable bonds is 4. The van der Waals surface area contributed by atoms with Gasteiger partial charge in [-0.2, -0.15) is 0 Å². The molecule has 1 aliphatic heterocycles. The van der Waals surface area contributed by atoms with E-state index in [0.717, 1.165) is 19.9 Å². The maximum Gasteiger partial charge on any atom is 0.334 e. The van der Waals surface area contributed by atoms with Crippen molar-refractivity contribution in [3.8, 4) is 0 Å². The van der Waals surface area contributed by atoms with Crippen LogP contribution < -0.4 is 0 Å². The van der Waals surface area contributed by atoms with Crippen molar-refractivity contribution in [2.24, 2.45) is 5.92 Å². The number of carbonyl (C=O) groups excluding carboxylic acids is 3. The molecule has 0 saturated carbocycles. The second-order valence-electron chi connectivity index (χ2n) is 5.82. The molecule has 1 aromatic heterocycles. The molecule has 0 bridgehead atoms. The number of nitrogens with zero attached hydrogens (tertiary/aromatic N) is 2. The Morgan fingerprint density at radius 3 is 2.39 bits per heavy atom. The average Bonchev–Trinajstić information content (AvgIpc) is 2.93. The number of hydrogen-bond donors (Lipinski definition) is 0. The van der Waals surface area contributed by atoms with Crippen LogP contribution in [0.5, 0.6) is 0 Å². The molecule has 1 aromatic carbocycles. The first-order chi connectivity index (χ1) is 10.9. The zero-order chi connectivity index (χ0) is 16.7. The van der Waals surface area contributed by atoms with Crippen LogP contribution >= 0.6 is 22.9 Å². The lowest BCUT2D eigenvalue weighted by Crippen LogP contribution is -2.35. The van der Waals surface area contributed by atoms with E-state index in [4.69, 9.17) is 11.6 Å². The van der Waals surface area contributed by atoms with Crippen LogP contribution in [0.25, 0.3) is 10.1 Å². The number of imide groups is 2. The molecule has 0 radical (unpaired) electrons. The zero-order valence-electron chi connectivity index (χ0n) is 12.7. The van der Waals surface area contributed by atoms with Crippen LogP contribution in [0.3, 0.4) is 0 Å². The van der Waals surface area contributed by atoms with Gasteiger partial charge in [-0.05, 0) is 12.0 Å². The summed E-state index contributed by atoms with van der Waals surface area (Å²) >= 11 is 7.77. The molecule has 2 heterocycles. The highest BCUT2D eigenvalue weighted by atomic mass is 35.5. The summed E-state index contributed by atoms with van der Waals surface area (Å²) in [6, 6.07) is 7.03. The largest absolute Gasteiger partial charge is 0.334 e. The molecule has 1 saturated heterocycles. The Hall–Kier alpha value is -1.92. The molecule has 2 aromatic rings. The maximum absolute atomic E-state index is 12.4. The predicted molar refractivity (Wildman–Crippen MR) is 89.3 cm³/mol. The number of thiophene rings is 1. The SMILES string of the molecule is CC(C)CN1C(=O)C(=O)N(Cc2sc3ccccc3c2Cl)C1=O. The molecule has 0 N–H and O–H groups in total. The predicted octanol–water partition coefficient (Wildman–Crippen LogP) is 3.50. The molecule has 1 aliphatic rings. The van der Waals surface area contributed by atoms with Crippen molar-refractivity contribution in [1.82, 2.24) is 9.80 Å². The summed E-state index contributed by atoms with van der Waals surface area (Å²) in [6.07, 6.45) is 0. The molecule has 120 valence electrons. The van der Waals surface area contributed by atoms with Crippen LogP contribution in [0.15, 0.2) is 24.3 Å². The summed E-state index contributed by atoms with van der Waals surface area (Å²) in [6.45, 7) is 4.03. The van der Waals surface area contributed by atoms with Gasteiger partial charge in [0.15, 0.2) is 0 Å². The molecule has 0 atom stereocenters. The number of carbonyl (C=O) groups is 3. The topological polar surface area (TPSA) is 57.7 Å². The number of benzene rings is 1. The van der Waals surface area contributed by atoms with Gasteiger partial charge in [0.05, 0.1) is 11.6 Å². The number of halogens is 1. The quantitative estimate of drug-likeness (QED) is 0.626. The van der Waals surface area contributed by atoms with E-state index < -0.39 is 17.8 Å². The second-order valence-corrected chi connectivity index (χ2v) is 7.33. The fourth-order valence-corrected chi connectivity index (χ4v) is 4.01. The Labute approximate surface area is 142 Å². The van der Waals surface area contributed by atoms with Gasteiger partial charge < -0.3 is 0 Å². The van der Waals surface area contributed by atoms with Gasteiger partial charge in [-0.25, -0.2) is 4.79 Å². The minimum Gasteiger partial charge on any atom is -0.263 e. The van der Waals surface area contributed by atoms with Crippen LogP contribution in [0.1, 0.15) is 18.7 Å². The Morgan fingerprint density at radius 1 is 1.09 bits per heavy atom. The van der Waals surface area contributed by atoms with E-state index in [1.165, 1.54) is 11.3 Å². The van der Waals surface area contributed by atoms with Gasteiger partial charge in [0.1, 0.15) is 0 Å². The summed E-state index contributed by atoms with van der Waals surface area (Å²) in [5, 5.41) is 1.42. The average molecular weight is 351 g/mol. The molecule has 0 spiro atoms. The monoisotopic (exact) mass is 350 g/mol. The number of amides is 4. The van der Waals surface area contributed by atoms with Gasteiger partial charge in [-0.15, -0.1) is 11.3 Å². The lowest BCUT2D eigenvalue weighted by Gasteiger charge is -2.16. The normalized spacial score (nSPS) is 15.6. The molecule has 4 amide bonds. The Balaban J connectivity index is 1.89. The van der Waals surface area contributed by atoms with E-state index in [-0.39, 0.29) is 19.0 Å². The standard InChI is InChI=1S/C16H15ClN2O3S/c1-9(2)7-18-14(20)15(21)19(16(18)22)8-12-13(17)10-5-3-4-6-11(10)23-12/h3-6,9H,7-8H2,1-2H3. The van der Waals surface area contributed by atoms with Crippen LogP contribution in [0.4, 0.5) is 4.79 Å². The highest BCUT2D eigenvalue weighted by Gasteiger charge is 2.44. The Morgan fingerprint density at radius 2 is 1.74 bits per heavy atom. The number of fused-ring (bicyclic) bond motifs is 1. The minimum atomic E-state index is -0.788. The van der Waals surface area contributed by atoms with Crippen molar-refractivity contribution in [3.05, 3.63) is 34.2 Å².